The van der Waals surface area contributed by atoms with Crippen LogP contribution in [0.4, 0.5) is 4.79 Å². The first-order valence-corrected chi connectivity index (χ1v) is 9.66. The molecule has 3 aromatic rings. The quantitative estimate of drug-likeness (QED) is 0.566. The van der Waals surface area contributed by atoms with Crippen LogP contribution in [0.1, 0.15) is 17.2 Å². The van der Waals surface area contributed by atoms with Crippen LogP contribution in [0.5, 0.6) is 0 Å². The van der Waals surface area contributed by atoms with Gasteiger partial charge < -0.3 is 10.1 Å². The summed E-state index contributed by atoms with van der Waals surface area (Å²) in [6.07, 6.45) is -0.466. The molecule has 134 valence electrons. The molecule has 0 bridgehead atoms. The SMILES string of the molecule is O=C1N[C@@H](c2ccc(Cl)cc2)C(Sc2ccccc2)=C(c2ccccc2)O1. The summed E-state index contributed by atoms with van der Waals surface area (Å²) in [6.45, 7) is 0. The molecule has 0 aliphatic carbocycles. The van der Waals surface area contributed by atoms with E-state index in [9.17, 15) is 4.79 Å². The first kappa shape index (κ1) is 17.7. The molecule has 1 aliphatic heterocycles. The van der Waals surface area contributed by atoms with Gasteiger partial charge in [-0.2, -0.15) is 0 Å². The zero-order valence-electron chi connectivity index (χ0n) is 14.3. The molecule has 3 nitrogen and oxygen atoms in total. The second-order valence-electron chi connectivity index (χ2n) is 5.99. The standard InChI is InChI=1S/C22H16ClNO2S/c23-17-13-11-15(12-14-17)19-21(27-18-9-5-2-6-10-18)20(26-22(25)24-19)16-7-3-1-4-8-16/h1-14,19H,(H,24,25)/t19-/m0/s1. The number of carbonyl (C=O) groups is 1. The summed E-state index contributed by atoms with van der Waals surface area (Å²) in [5.41, 5.74) is 1.81. The van der Waals surface area contributed by atoms with Gasteiger partial charge in [-0.3, -0.25) is 0 Å². The maximum absolute atomic E-state index is 12.3. The third-order valence-electron chi connectivity index (χ3n) is 4.15. The molecule has 0 aromatic heterocycles. The summed E-state index contributed by atoms with van der Waals surface area (Å²) >= 11 is 7.62. The number of benzene rings is 3. The Morgan fingerprint density at radius 2 is 1.48 bits per heavy atom. The molecule has 3 aromatic carbocycles. The van der Waals surface area contributed by atoms with Crippen LogP contribution in [0.25, 0.3) is 5.76 Å². The predicted octanol–water partition coefficient (Wildman–Crippen LogP) is 6.28. The van der Waals surface area contributed by atoms with E-state index in [0.717, 1.165) is 20.9 Å². The lowest BCUT2D eigenvalue weighted by Gasteiger charge is -2.29. The molecule has 0 saturated carbocycles. The highest BCUT2D eigenvalue weighted by Gasteiger charge is 2.31. The molecule has 0 unspecified atom stereocenters. The number of thioether (sulfide) groups is 1. The number of carbonyl (C=O) groups excluding carboxylic acids is 1. The van der Waals surface area contributed by atoms with Crippen LogP contribution in [0.2, 0.25) is 5.02 Å². The molecule has 5 heteroatoms. The molecular formula is C22H16ClNO2S. The number of hydrogen-bond donors (Lipinski definition) is 1. The van der Waals surface area contributed by atoms with Gasteiger partial charge in [-0.05, 0) is 29.8 Å². The molecule has 4 rings (SSSR count). The minimum absolute atomic E-state index is 0.316. The van der Waals surface area contributed by atoms with E-state index in [1.54, 1.807) is 11.8 Å². The Kier molecular flexibility index (Phi) is 5.19. The van der Waals surface area contributed by atoms with Crippen LogP contribution in [-0.2, 0) is 4.74 Å². The van der Waals surface area contributed by atoms with Crippen molar-refractivity contribution in [3.05, 3.63) is 106 Å². The van der Waals surface area contributed by atoms with E-state index in [1.807, 2.05) is 84.9 Å². The topological polar surface area (TPSA) is 38.3 Å². The van der Waals surface area contributed by atoms with Crippen molar-refractivity contribution in [2.45, 2.75) is 10.9 Å². The second kappa shape index (κ2) is 7.91. The van der Waals surface area contributed by atoms with Crippen molar-refractivity contribution in [1.29, 1.82) is 0 Å². The molecule has 1 heterocycles. The van der Waals surface area contributed by atoms with Crippen LogP contribution >= 0.6 is 23.4 Å². The van der Waals surface area contributed by atoms with Crippen molar-refractivity contribution >= 4 is 35.2 Å². The monoisotopic (exact) mass is 393 g/mol. The van der Waals surface area contributed by atoms with Gasteiger partial charge in [0.25, 0.3) is 0 Å². The molecular weight excluding hydrogens is 378 g/mol. The van der Waals surface area contributed by atoms with Gasteiger partial charge >= 0.3 is 6.09 Å². The third-order valence-corrected chi connectivity index (χ3v) is 5.55. The smallest absolute Gasteiger partial charge is 0.409 e. The lowest BCUT2D eigenvalue weighted by molar-refractivity contribution is 0.184. The van der Waals surface area contributed by atoms with Crippen molar-refractivity contribution in [2.24, 2.45) is 0 Å². The van der Waals surface area contributed by atoms with Gasteiger partial charge in [0.05, 0.1) is 10.9 Å². The molecule has 27 heavy (non-hydrogen) atoms. The number of rotatable bonds is 4. The summed E-state index contributed by atoms with van der Waals surface area (Å²) in [7, 11) is 0. The molecule has 0 spiro atoms. The maximum Gasteiger partial charge on any atom is 0.413 e. The molecule has 1 aliphatic rings. The van der Waals surface area contributed by atoms with Crippen molar-refractivity contribution in [1.82, 2.24) is 5.32 Å². The predicted molar refractivity (Wildman–Crippen MR) is 109 cm³/mol. The zero-order valence-corrected chi connectivity index (χ0v) is 15.8. The Morgan fingerprint density at radius 1 is 0.852 bits per heavy atom. The minimum Gasteiger partial charge on any atom is -0.409 e. The van der Waals surface area contributed by atoms with E-state index < -0.39 is 6.09 Å². The average molecular weight is 394 g/mol. The van der Waals surface area contributed by atoms with Crippen LogP contribution in [0.15, 0.2) is 94.7 Å². The number of halogens is 1. The van der Waals surface area contributed by atoms with Crippen LogP contribution in [-0.4, -0.2) is 6.09 Å². The largest absolute Gasteiger partial charge is 0.413 e. The van der Waals surface area contributed by atoms with Crippen molar-refractivity contribution in [2.75, 3.05) is 0 Å². The fourth-order valence-electron chi connectivity index (χ4n) is 2.89. The Bertz CT molecular complexity index is 972. The fraction of sp³-hybridized carbons (Fsp3) is 0.0455. The Labute approximate surface area is 167 Å². The van der Waals surface area contributed by atoms with E-state index in [-0.39, 0.29) is 6.04 Å². The number of cyclic esters (lactones) is 1. The molecule has 0 saturated heterocycles. The van der Waals surface area contributed by atoms with E-state index in [1.165, 1.54) is 0 Å². The number of nitrogens with one attached hydrogen (secondary N) is 1. The van der Waals surface area contributed by atoms with Crippen molar-refractivity contribution < 1.29 is 9.53 Å². The first-order chi connectivity index (χ1) is 13.2. The van der Waals surface area contributed by atoms with Gasteiger partial charge in [0.1, 0.15) is 0 Å². The van der Waals surface area contributed by atoms with E-state index >= 15 is 0 Å². The molecule has 1 N–H and O–H groups in total. The normalized spacial score (nSPS) is 16.6. The summed E-state index contributed by atoms with van der Waals surface area (Å²) in [5, 5.41) is 3.59. The first-order valence-electron chi connectivity index (χ1n) is 8.47. The van der Waals surface area contributed by atoms with Gasteiger partial charge in [0, 0.05) is 15.5 Å². The van der Waals surface area contributed by atoms with Crippen LogP contribution in [0, 0.1) is 0 Å². The lowest BCUT2D eigenvalue weighted by Crippen LogP contribution is -2.34. The maximum atomic E-state index is 12.3. The molecule has 0 fully saturated rings. The highest BCUT2D eigenvalue weighted by molar-refractivity contribution is 8.03. The molecule has 0 radical (unpaired) electrons. The fourth-order valence-corrected chi connectivity index (χ4v) is 4.13. The molecule has 1 atom stereocenters. The summed E-state index contributed by atoms with van der Waals surface area (Å²) in [4.78, 5) is 14.3. The summed E-state index contributed by atoms with van der Waals surface area (Å²) in [5.74, 6) is 0.577. The van der Waals surface area contributed by atoms with Gasteiger partial charge in [-0.25, -0.2) is 4.79 Å². The van der Waals surface area contributed by atoms with E-state index in [4.69, 9.17) is 16.3 Å². The van der Waals surface area contributed by atoms with Crippen LogP contribution in [0.3, 0.4) is 0 Å². The number of alkyl carbamates (subject to hydrolysis) is 1. The lowest BCUT2D eigenvalue weighted by atomic mass is 10.0. The number of hydrogen-bond acceptors (Lipinski definition) is 3. The van der Waals surface area contributed by atoms with Crippen LogP contribution < -0.4 is 5.32 Å². The summed E-state index contributed by atoms with van der Waals surface area (Å²) < 4.78 is 5.62. The Morgan fingerprint density at radius 3 is 2.15 bits per heavy atom. The minimum atomic E-state index is -0.466. The average Bonchev–Trinajstić information content (AvgIpc) is 2.71. The van der Waals surface area contributed by atoms with E-state index in [2.05, 4.69) is 5.32 Å². The zero-order chi connectivity index (χ0) is 18.6. The highest BCUT2D eigenvalue weighted by Crippen LogP contribution is 2.43. The number of amides is 1. The van der Waals surface area contributed by atoms with Crippen molar-refractivity contribution in [3.8, 4) is 0 Å². The second-order valence-corrected chi connectivity index (χ2v) is 7.54. The van der Waals surface area contributed by atoms with Gasteiger partial charge in [-0.1, -0.05) is 84.0 Å². The third kappa shape index (κ3) is 4.02. The Hall–Kier alpha value is -2.69. The Balaban J connectivity index is 1.85. The van der Waals surface area contributed by atoms with Crippen molar-refractivity contribution in [3.63, 3.8) is 0 Å². The van der Waals surface area contributed by atoms with E-state index in [0.29, 0.717) is 10.8 Å². The van der Waals surface area contributed by atoms with Gasteiger partial charge in [0.2, 0.25) is 0 Å². The highest BCUT2D eigenvalue weighted by atomic mass is 35.5. The van der Waals surface area contributed by atoms with Gasteiger partial charge in [0.15, 0.2) is 5.76 Å². The number of ether oxygens (including phenoxy) is 1. The summed E-state index contributed by atoms with van der Waals surface area (Å²) in [6, 6.07) is 26.9. The van der Waals surface area contributed by atoms with Gasteiger partial charge in [-0.15, -0.1) is 0 Å². The molecule has 1 amide bonds.